The highest BCUT2D eigenvalue weighted by atomic mass is 32.2. The Hall–Kier alpha value is -12.3. The Morgan fingerprint density at radius 3 is 1.78 bits per heavy atom. The number of methoxy groups -OCH3 is 1. The first-order valence-corrected chi connectivity index (χ1v) is 39.7. The van der Waals surface area contributed by atoms with Crippen LogP contribution in [0.25, 0.3) is 21.5 Å². The maximum Gasteiger partial charge on any atom is 0.246 e. The van der Waals surface area contributed by atoms with Gasteiger partial charge in [-0.05, 0) is 134 Å². The van der Waals surface area contributed by atoms with Crippen LogP contribution in [0.3, 0.4) is 0 Å². The van der Waals surface area contributed by atoms with Gasteiger partial charge in [0.25, 0.3) is 0 Å². The van der Waals surface area contributed by atoms with Crippen molar-refractivity contribution in [2.24, 2.45) is 28.7 Å². The molecule has 118 heavy (non-hydrogen) atoms. The summed E-state index contributed by atoms with van der Waals surface area (Å²) in [4.78, 5) is 237. The molecule has 0 saturated carbocycles. The Morgan fingerprint density at radius 1 is 0.568 bits per heavy atom. The summed E-state index contributed by atoms with van der Waals surface area (Å²) in [6.07, 6.45) is -5.11. The molecular formula is C80H108N18O19S. The minimum atomic E-state index is -1.99. The number of rotatable bonds is 39. The van der Waals surface area contributed by atoms with Crippen molar-refractivity contribution >= 4 is 134 Å². The number of carbonyl (C=O) groups excluding carboxylic acids is 17. The molecule has 37 nitrogen and oxygen atoms in total. The van der Waals surface area contributed by atoms with E-state index >= 15 is 28.8 Å². The maximum atomic E-state index is 15.7. The molecule has 38 heteroatoms. The van der Waals surface area contributed by atoms with Gasteiger partial charge < -0.3 is 108 Å². The molecule has 1 aliphatic heterocycles. The lowest BCUT2D eigenvalue weighted by atomic mass is 9.91. The molecule has 0 aliphatic carbocycles. The lowest BCUT2D eigenvalue weighted by Crippen LogP contribution is -2.64. The Morgan fingerprint density at radius 2 is 1.15 bits per heavy atom. The number of benzene rings is 5. The van der Waals surface area contributed by atoms with E-state index < -0.39 is 211 Å². The van der Waals surface area contributed by atoms with Crippen molar-refractivity contribution in [1.82, 2.24) is 69.1 Å². The fourth-order valence-corrected chi connectivity index (χ4v) is 14.0. The zero-order chi connectivity index (χ0) is 86.8. The minimum absolute atomic E-state index is 0.130. The normalized spacial score (nSPS) is 18.8. The summed E-state index contributed by atoms with van der Waals surface area (Å²) >= 11 is 0.936. The second-order valence-corrected chi connectivity index (χ2v) is 30.1. The number of fused-ring (bicyclic) bond motifs is 2. The van der Waals surface area contributed by atoms with Crippen LogP contribution in [0.5, 0.6) is 5.75 Å². The molecule has 0 bridgehead atoms. The van der Waals surface area contributed by atoms with Gasteiger partial charge in [-0.3, -0.25) is 81.5 Å². The molecule has 1 aliphatic rings. The van der Waals surface area contributed by atoms with Crippen molar-refractivity contribution in [2.45, 2.75) is 196 Å². The van der Waals surface area contributed by atoms with Gasteiger partial charge in [-0.25, -0.2) is 0 Å². The number of aliphatic hydroxyl groups excluding tert-OH is 1. The van der Waals surface area contributed by atoms with E-state index in [-0.39, 0.29) is 82.5 Å². The van der Waals surface area contributed by atoms with Crippen molar-refractivity contribution in [3.05, 3.63) is 126 Å². The Labute approximate surface area is 685 Å². The third-order valence-corrected chi connectivity index (χ3v) is 20.4. The van der Waals surface area contributed by atoms with E-state index in [1.807, 2.05) is 18.2 Å². The Kier molecular flexibility index (Phi) is 37.7. The van der Waals surface area contributed by atoms with Gasteiger partial charge in [0.2, 0.25) is 100 Å². The quantitative estimate of drug-likeness (QED) is 0.0172. The molecule has 17 amide bonds. The number of ether oxygens (including phenoxy) is 1. The molecule has 6 rings (SSSR count). The highest BCUT2D eigenvalue weighted by Crippen LogP contribution is 2.24. The molecule has 5 aromatic rings. The second kappa shape index (κ2) is 47.0. The standard InChI is InChI=1S/C80H108N18O19S/c1-44(99)68-78(115)94-61(40-52-19-14-18-50-16-8-9-20-54(50)52)75(112)90-56(28-30-64(82)102)71(108)95-63(43-118-36-32-58(88-46(3)101)72(109)89-57(73(110)97-68)29-31-65(83)103)76(113)91-59(38-47-23-26-53(117-5)27-24-47)74(111)92-60(39-48-22-25-49-15-6-7-17-51(49)37-48)77(114)98-80(4,33-11-12-34-81)79(116)96-55(21-10-13-35-86-45(2)100)70(107)93-62(41-66(84)104)69(106)87-42-67(85)105/h6-9,14-20,22-27,37,44,55-63,68,99H,10-13,21,28-36,38-43,81H2,1-5H3,(H2,82,102)(H2,83,103)(H2,84,104)(H2,85,105)(H,86,100)(H,87,106)(H,88,101)(H,89,109)(H,90,112)(H,91,113)(H,92,111)(H,93,107)(H,94,115)(H,95,108)(H,96,116)(H,97,110)(H,98,114)/t44-,55+,56+,57+,58+,59+,60+,61+,62+,63+,68+,80+/m1/s1. The van der Waals surface area contributed by atoms with Gasteiger partial charge in [0.1, 0.15) is 71.7 Å². The third kappa shape index (κ3) is 31.0. The predicted octanol–water partition coefficient (Wildman–Crippen LogP) is -3.27. The van der Waals surface area contributed by atoms with Crippen molar-refractivity contribution < 1.29 is 91.4 Å². The largest absolute Gasteiger partial charge is 0.497 e. The number of carbonyl (C=O) groups is 17. The average molecular weight is 1660 g/mol. The summed E-state index contributed by atoms with van der Waals surface area (Å²) in [5.74, 6) is -16.5. The number of nitrogens with two attached hydrogens (primary N) is 5. The summed E-state index contributed by atoms with van der Waals surface area (Å²) in [7, 11) is 1.42. The molecule has 24 N–H and O–H groups in total. The first-order valence-electron chi connectivity index (χ1n) is 38.6. The van der Waals surface area contributed by atoms with Gasteiger partial charge in [0, 0.05) is 58.2 Å². The van der Waals surface area contributed by atoms with Crippen LogP contribution < -0.4 is 103 Å². The van der Waals surface area contributed by atoms with E-state index in [0.29, 0.717) is 34.2 Å². The molecular weight excluding hydrogens is 1550 g/mol. The van der Waals surface area contributed by atoms with Crippen molar-refractivity contribution in [2.75, 3.05) is 38.2 Å². The number of hydrogen-bond acceptors (Lipinski definition) is 21. The molecule has 0 unspecified atom stereocenters. The van der Waals surface area contributed by atoms with Crippen molar-refractivity contribution in [1.29, 1.82) is 0 Å². The number of primary amides is 4. The van der Waals surface area contributed by atoms with Crippen LogP contribution in [0, 0.1) is 0 Å². The molecule has 0 spiro atoms. The van der Waals surface area contributed by atoms with E-state index in [9.17, 15) is 57.8 Å². The molecule has 5 aromatic carbocycles. The number of hydrogen-bond donors (Lipinski definition) is 19. The topological polar surface area (TPSA) is 606 Å². The van der Waals surface area contributed by atoms with Crippen LogP contribution in [0.2, 0.25) is 0 Å². The van der Waals surface area contributed by atoms with E-state index in [0.717, 1.165) is 41.8 Å². The molecule has 12 atom stereocenters. The van der Waals surface area contributed by atoms with Gasteiger partial charge in [-0.15, -0.1) is 0 Å². The maximum absolute atomic E-state index is 15.7. The molecule has 0 aromatic heterocycles. The number of unbranched alkanes of at least 4 members (excludes halogenated alkanes) is 2. The molecule has 1 saturated heterocycles. The lowest BCUT2D eigenvalue weighted by Gasteiger charge is -2.34. The highest BCUT2D eigenvalue weighted by molar-refractivity contribution is 7.99. The van der Waals surface area contributed by atoms with Crippen LogP contribution in [0.1, 0.15) is 121 Å². The van der Waals surface area contributed by atoms with Crippen LogP contribution in [0.4, 0.5) is 0 Å². The first-order chi connectivity index (χ1) is 56.1. The molecule has 1 heterocycles. The highest BCUT2D eigenvalue weighted by Gasteiger charge is 2.42. The van der Waals surface area contributed by atoms with E-state index in [1.165, 1.54) is 21.0 Å². The minimum Gasteiger partial charge on any atom is -0.497 e. The number of amides is 17. The van der Waals surface area contributed by atoms with Gasteiger partial charge in [-0.1, -0.05) is 97.1 Å². The predicted molar refractivity (Wildman–Crippen MR) is 435 cm³/mol. The molecule has 638 valence electrons. The summed E-state index contributed by atoms with van der Waals surface area (Å²) in [6.45, 7) is 4.53. The number of nitrogens with one attached hydrogen (secondary N) is 13. The zero-order valence-corrected chi connectivity index (χ0v) is 67.3. The number of aliphatic hydroxyl groups is 1. The van der Waals surface area contributed by atoms with Crippen LogP contribution in [0.15, 0.2) is 109 Å². The van der Waals surface area contributed by atoms with Crippen molar-refractivity contribution in [3.8, 4) is 5.75 Å². The van der Waals surface area contributed by atoms with Crippen molar-refractivity contribution in [3.63, 3.8) is 0 Å². The zero-order valence-electron chi connectivity index (χ0n) is 66.5. The molecule has 0 radical (unpaired) electrons. The van der Waals surface area contributed by atoms with E-state index in [2.05, 4.69) is 69.1 Å². The summed E-state index contributed by atoms with van der Waals surface area (Å²) in [5.41, 5.74) is 27.2. The van der Waals surface area contributed by atoms with Crippen LogP contribution in [-0.4, -0.2) is 216 Å². The van der Waals surface area contributed by atoms with Crippen LogP contribution in [-0.2, 0) is 101 Å². The summed E-state index contributed by atoms with van der Waals surface area (Å²) in [5, 5.41) is 47.6. The van der Waals surface area contributed by atoms with Gasteiger partial charge in [0.15, 0.2) is 0 Å². The van der Waals surface area contributed by atoms with E-state index in [1.54, 1.807) is 91.0 Å². The fraction of sp³-hybridized carbons (Fsp3) is 0.463. The SMILES string of the molecule is COc1ccc(C[C@H](NC(=O)[C@@H]2CSCC[C@H](NC(C)=O)C(=O)N[C@@H](CCC(N)=O)C(=O)N[C@@H]([C@@H](C)O)C(=O)N[C@@H](Cc3cccc4ccccc34)C(=O)N[C@@H](CCC(N)=O)C(=O)N2)C(=O)N[C@@H](Cc2ccc3ccccc3c2)C(=O)N[C@@](C)(CCCCN)C(=O)N[C@@H](CCCCNC(C)=O)C(=O)N[C@@H](CC(N)=O)C(=O)NCC(N)=O)cc1. The van der Waals surface area contributed by atoms with Gasteiger partial charge >= 0.3 is 0 Å². The van der Waals surface area contributed by atoms with E-state index in [4.69, 9.17) is 33.4 Å². The van der Waals surface area contributed by atoms with Crippen LogP contribution >= 0.6 is 11.8 Å². The fourth-order valence-electron chi connectivity index (χ4n) is 12.9. The monoisotopic (exact) mass is 1660 g/mol. The summed E-state index contributed by atoms with van der Waals surface area (Å²) < 4.78 is 5.42. The third-order valence-electron chi connectivity index (χ3n) is 19.3. The van der Waals surface area contributed by atoms with Gasteiger partial charge in [0.05, 0.1) is 26.2 Å². The smallest absolute Gasteiger partial charge is 0.246 e. The Balaban J connectivity index is 1.46. The number of thioether (sulfide) groups is 1. The average Bonchev–Trinajstić information content (AvgIpc) is 0.818. The Bertz CT molecular complexity index is 4430. The molecule has 1 fully saturated rings. The lowest BCUT2D eigenvalue weighted by molar-refractivity contribution is -0.138. The summed E-state index contributed by atoms with van der Waals surface area (Å²) in [6, 6.07) is 14.3. The second-order valence-electron chi connectivity index (χ2n) is 29.0. The van der Waals surface area contributed by atoms with Gasteiger partial charge in [-0.2, -0.15) is 11.8 Å². The first kappa shape index (κ1) is 94.5.